The van der Waals surface area contributed by atoms with Crippen molar-refractivity contribution in [2.24, 2.45) is 0 Å². The smallest absolute Gasteiger partial charge is 0.0587 e. The summed E-state index contributed by atoms with van der Waals surface area (Å²) < 4.78 is 1.06. The lowest BCUT2D eigenvalue weighted by Gasteiger charge is -2.25. The molecule has 3 nitrogen and oxygen atoms in total. The molecular formula is C12H18BrNO2. The number of likely N-dealkylation sites (N-methyl/N-ethyl adjacent to an activating group) is 1. The predicted molar refractivity (Wildman–Crippen MR) is 68.2 cm³/mol. The summed E-state index contributed by atoms with van der Waals surface area (Å²) in [6.45, 7) is 0.948. The van der Waals surface area contributed by atoms with Crippen molar-refractivity contribution >= 4 is 15.9 Å². The third kappa shape index (κ3) is 4.22. The van der Waals surface area contributed by atoms with E-state index in [-0.39, 0.29) is 19.3 Å². The van der Waals surface area contributed by atoms with Gasteiger partial charge in [0.05, 0.1) is 6.61 Å². The number of aliphatic hydroxyl groups excluding tert-OH is 2. The second-order valence-corrected chi connectivity index (χ2v) is 4.81. The zero-order chi connectivity index (χ0) is 12.0. The lowest BCUT2D eigenvalue weighted by atomic mass is 10.1. The first-order valence-electron chi connectivity index (χ1n) is 5.33. The fourth-order valence-corrected chi connectivity index (χ4v) is 2.10. The monoisotopic (exact) mass is 287 g/mol. The van der Waals surface area contributed by atoms with E-state index in [1.165, 1.54) is 5.56 Å². The molecule has 1 rings (SSSR count). The van der Waals surface area contributed by atoms with E-state index < -0.39 is 0 Å². The topological polar surface area (TPSA) is 43.7 Å². The molecule has 0 aliphatic heterocycles. The van der Waals surface area contributed by atoms with Gasteiger partial charge >= 0.3 is 0 Å². The Morgan fingerprint density at radius 1 is 1.38 bits per heavy atom. The van der Waals surface area contributed by atoms with Gasteiger partial charge in [0.25, 0.3) is 0 Å². The van der Waals surface area contributed by atoms with Gasteiger partial charge < -0.3 is 10.2 Å². The molecule has 1 atom stereocenters. The van der Waals surface area contributed by atoms with E-state index in [4.69, 9.17) is 5.11 Å². The lowest BCUT2D eigenvalue weighted by Crippen LogP contribution is -2.35. The molecule has 1 aromatic carbocycles. The molecule has 1 aromatic rings. The molecule has 1 unspecified atom stereocenters. The van der Waals surface area contributed by atoms with Crippen LogP contribution >= 0.6 is 15.9 Å². The zero-order valence-corrected chi connectivity index (χ0v) is 11.0. The van der Waals surface area contributed by atoms with Crippen LogP contribution < -0.4 is 0 Å². The second-order valence-electron chi connectivity index (χ2n) is 3.89. The quantitative estimate of drug-likeness (QED) is 0.836. The predicted octanol–water partition coefficient (Wildman–Crippen LogP) is 1.62. The summed E-state index contributed by atoms with van der Waals surface area (Å²) in [5, 5.41) is 18.1. The molecule has 0 aliphatic rings. The Bertz CT molecular complexity index is 320. The van der Waals surface area contributed by atoms with Crippen LogP contribution in [0.2, 0.25) is 0 Å². The van der Waals surface area contributed by atoms with Gasteiger partial charge in [0.15, 0.2) is 0 Å². The molecular weight excluding hydrogens is 270 g/mol. The molecule has 90 valence electrons. The molecule has 0 aliphatic carbocycles. The molecule has 0 saturated heterocycles. The first-order chi connectivity index (χ1) is 7.67. The number of hydrogen-bond acceptors (Lipinski definition) is 3. The Labute approximate surface area is 105 Å². The Hall–Kier alpha value is -0.420. The molecule has 0 fully saturated rings. The standard InChI is InChI=1S/C12H18BrNO2/c1-14(12(9-16)5-6-15)8-10-3-2-4-11(13)7-10/h2-4,7,12,15-16H,5-6,8-9H2,1H3. The van der Waals surface area contributed by atoms with Crippen LogP contribution in [0.4, 0.5) is 0 Å². The highest BCUT2D eigenvalue weighted by molar-refractivity contribution is 9.10. The Kier molecular flexibility index (Phi) is 5.98. The minimum atomic E-state index is 0.0176. The number of nitrogens with zero attached hydrogens (tertiary/aromatic N) is 1. The Morgan fingerprint density at radius 2 is 2.12 bits per heavy atom. The maximum atomic E-state index is 9.20. The van der Waals surface area contributed by atoms with Gasteiger partial charge in [-0.25, -0.2) is 0 Å². The summed E-state index contributed by atoms with van der Waals surface area (Å²) in [7, 11) is 1.96. The lowest BCUT2D eigenvalue weighted by molar-refractivity contribution is 0.115. The molecule has 0 bridgehead atoms. The van der Waals surface area contributed by atoms with E-state index in [0.717, 1.165) is 11.0 Å². The van der Waals surface area contributed by atoms with Crippen LogP contribution in [0.3, 0.4) is 0 Å². The fourth-order valence-electron chi connectivity index (χ4n) is 1.65. The summed E-state index contributed by atoms with van der Waals surface area (Å²) in [6.07, 6.45) is 0.598. The fraction of sp³-hybridized carbons (Fsp3) is 0.500. The van der Waals surface area contributed by atoms with E-state index in [1.807, 2.05) is 19.2 Å². The van der Waals surface area contributed by atoms with Gasteiger partial charge in [-0.05, 0) is 31.2 Å². The molecule has 0 radical (unpaired) electrons. The van der Waals surface area contributed by atoms with Gasteiger partial charge in [-0.1, -0.05) is 28.1 Å². The number of aliphatic hydroxyl groups is 2. The highest BCUT2D eigenvalue weighted by Gasteiger charge is 2.13. The summed E-state index contributed by atoms with van der Waals surface area (Å²) in [4.78, 5) is 2.05. The number of hydrogen-bond donors (Lipinski definition) is 2. The molecule has 0 spiro atoms. The average Bonchev–Trinajstić information content (AvgIpc) is 2.25. The third-order valence-electron chi connectivity index (χ3n) is 2.62. The van der Waals surface area contributed by atoms with Crippen LogP contribution in [-0.2, 0) is 6.54 Å². The summed E-state index contributed by atoms with van der Waals surface area (Å²) >= 11 is 3.43. The van der Waals surface area contributed by atoms with Crippen molar-refractivity contribution in [1.29, 1.82) is 0 Å². The number of rotatable bonds is 6. The van der Waals surface area contributed by atoms with Gasteiger partial charge in [-0.3, -0.25) is 4.90 Å². The SMILES string of the molecule is CN(Cc1cccc(Br)c1)C(CO)CCO. The van der Waals surface area contributed by atoms with E-state index in [2.05, 4.69) is 33.0 Å². The van der Waals surface area contributed by atoms with Gasteiger partial charge in [-0.15, -0.1) is 0 Å². The average molecular weight is 288 g/mol. The molecule has 0 saturated carbocycles. The van der Waals surface area contributed by atoms with Crippen LogP contribution in [0.1, 0.15) is 12.0 Å². The van der Waals surface area contributed by atoms with Crippen molar-refractivity contribution in [2.75, 3.05) is 20.3 Å². The van der Waals surface area contributed by atoms with E-state index in [0.29, 0.717) is 6.42 Å². The van der Waals surface area contributed by atoms with Crippen LogP contribution in [0.5, 0.6) is 0 Å². The van der Waals surface area contributed by atoms with Crippen molar-refractivity contribution in [1.82, 2.24) is 4.90 Å². The normalized spacial score (nSPS) is 13.1. The second kappa shape index (κ2) is 7.01. The molecule has 0 amide bonds. The van der Waals surface area contributed by atoms with Crippen molar-refractivity contribution in [3.63, 3.8) is 0 Å². The van der Waals surface area contributed by atoms with Crippen LogP contribution in [0.15, 0.2) is 28.7 Å². The van der Waals surface area contributed by atoms with Crippen molar-refractivity contribution in [3.05, 3.63) is 34.3 Å². The maximum Gasteiger partial charge on any atom is 0.0587 e. The van der Waals surface area contributed by atoms with Gasteiger partial charge in [0.1, 0.15) is 0 Å². The minimum Gasteiger partial charge on any atom is -0.396 e. The minimum absolute atomic E-state index is 0.0176. The highest BCUT2D eigenvalue weighted by atomic mass is 79.9. The van der Waals surface area contributed by atoms with Crippen LogP contribution in [0.25, 0.3) is 0 Å². The number of halogens is 1. The van der Waals surface area contributed by atoms with Crippen molar-refractivity contribution in [2.45, 2.75) is 19.0 Å². The first kappa shape index (κ1) is 13.6. The van der Waals surface area contributed by atoms with Gasteiger partial charge in [0, 0.05) is 23.7 Å². The largest absolute Gasteiger partial charge is 0.396 e. The molecule has 0 heterocycles. The van der Waals surface area contributed by atoms with Crippen LogP contribution in [-0.4, -0.2) is 41.4 Å². The van der Waals surface area contributed by atoms with Crippen molar-refractivity contribution < 1.29 is 10.2 Å². The molecule has 2 N–H and O–H groups in total. The molecule has 4 heteroatoms. The van der Waals surface area contributed by atoms with E-state index in [1.54, 1.807) is 0 Å². The highest BCUT2D eigenvalue weighted by Crippen LogP contribution is 2.14. The van der Waals surface area contributed by atoms with Crippen molar-refractivity contribution in [3.8, 4) is 0 Å². The van der Waals surface area contributed by atoms with Gasteiger partial charge in [0.2, 0.25) is 0 Å². The van der Waals surface area contributed by atoms with Gasteiger partial charge in [-0.2, -0.15) is 0 Å². The molecule has 0 aromatic heterocycles. The number of benzene rings is 1. The first-order valence-corrected chi connectivity index (χ1v) is 6.13. The van der Waals surface area contributed by atoms with Crippen LogP contribution in [0, 0.1) is 0 Å². The molecule has 16 heavy (non-hydrogen) atoms. The summed E-state index contributed by atoms with van der Waals surface area (Å²) in [5.74, 6) is 0. The third-order valence-corrected chi connectivity index (χ3v) is 3.11. The maximum absolute atomic E-state index is 9.20. The van der Waals surface area contributed by atoms with E-state index in [9.17, 15) is 5.11 Å². The summed E-state index contributed by atoms with van der Waals surface area (Å²) in [6, 6.07) is 8.11. The Morgan fingerprint density at radius 3 is 2.69 bits per heavy atom. The summed E-state index contributed by atoms with van der Waals surface area (Å²) in [5.41, 5.74) is 1.19. The zero-order valence-electron chi connectivity index (χ0n) is 9.43. The Balaban J connectivity index is 2.58. The van der Waals surface area contributed by atoms with E-state index >= 15 is 0 Å².